The van der Waals surface area contributed by atoms with E-state index in [2.05, 4.69) is 170 Å². The van der Waals surface area contributed by atoms with Gasteiger partial charge in [0.25, 0.3) is 0 Å². The zero-order valence-corrected chi connectivity index (χ0v) is 101. The van der Waals surface area contributed by atoms with Crippen molar-refractivity contribution in [2.45, 2.75) is 710 Å². The highest BCUT2D eigenvalue weighted by Crippen LogP contribution is 2.29. The van der Waals surface area contributed by atoms with Crippen LogP contribution in [0.1, 0.15) is 670 Å². The molecule has 0 aromatic carbocycles. The summed E-state index contributed by atoms with van der Waals surface area (Å²) in [7, 11) is 3.57. The third-order valence-corrected chi connectivity index (χ3v) is 24.9. The molecule has 2 atom stereocenters. The van der Waals surface area contributed by atoms with Gasteiger partial charge in [-0.3, -0.25) is 0 Å². The Morgan fingerprint density at radius 3 is 0.353 bits per heavy atom. The second kappa shape index (κ2) is 113. The maximum atomic E-state index is 9.51. The number of ether oxygens (including phenoxy) is 2. The van der Waals surface area contributed by atoms with E-state index in [4.69, 9.17) is 9.47 Å². The quantitative estimate of drug-likeness (QED) is 0.0304. The minimum atomic E-state index is -0.482. The minimum Gasteiger partial charge on any atom is -0.390 e. The van der Waals surface area contributed by atoms with Crippen LogP contribution in [0.5, 0.6) is 0 Å². The van der Waals surface area contributed by atoms with E-state index in [0.29, 0.717) is 39.3 Å². The van der Waals surface area contributed by atoms with Crippen molar-refractivity contribution >= 4 is 0 Å². The standard InChI is InChI=1S/C14H30O.2C14H28.C13H28O2.2C13H26O.2C13H26.2C12H24O.CH4/c1-13(15-5)11-9-7-6-8-10-12-14(2,3)4;2*1-5-6-7-8-9-10-11-12-13-14(2,3)4;1-12(15-4)10-8-6-5-7-9-11-13(2,3)14;2*1-4-5-6-7-8-9-10-11-12-13(2,3)14;2*1-5-6-7-8-9-10-11-12-13(2,3)4;2*1-4-5-6-7-8-9-10-11-12(2,3)13;/h13H,6-12H2,1-5H3;2*5H,1,6-13H2,2-4H3;12,14H,5-11H2,1-4H3;2*4,14H,1,5-12H2,2-3H3;2*5H,1,6-12H2,2-4H3;2*4,13H,1,5-11H2,2-3H3;1H4. The van der Waals surface area contributed by atoms with E-state index < -0.39 is 28.0 Å². The number of unbranched alkanes of at least 4 members (excludes halogenated alkanes) is 52. The van der Waals surface area contributed by atoms with Crippen molar-refractivity contribution in [3.8, 4) is 0 Å². The van der Waals surface area contributed by atoms with Crippen molar-refractivity contribution in [3.63, 3.8) is 0 Å². The SMILES string of the molecule is C.C=CCCCCCCCC(C)(C)C.C=CCCCCCCCC(C)(C)C.C=CCCCCCCCC(C)(C)O.C=CCCCCCCCC(C)(C)O.C=CCCCCCCCCC(C)(C)C.C=CCCCCCCCCC(C)(C)C.C=CCCCCCCCCC(C)(C)O.C=CCCCCCCCCC(C)(C)O.COC(C)CCCCCCCC(C)(C)C.COC(C)CCCCCCCC(C)(C)O. The minimum absolute atomic E-state index is 0. The molecule has 139 heavy (non-hydrogen) atoms. The molecule has 0 amide bonds. The Hall–Kier alpha value is -2.36. The molecule has 0 bridgehead atoms. The van der Waals surface area contributed by atoms with Crippen LogP contribution in [0.2, 0.25) is 0 Å². The molecule has 0 aromatic rings. The summed E-state index contributed by atoms with van der Waals surface area (Å²) in [5.41, 5.74) is 0.275. The van der Waals surface area contributed by atoms with E-state index in [0.717, 1.165) is 89.9 Å². The largest absolute Gasteiger partial charge is 0.390 e. The molecule has 0 spiro atoms. The molecule has 0 aliphatic heterocycles. The normalized spacial score (nSPS) is 12.1. The molecule has 0 rings (SSSR count). The van der Waals surface area contributed by atoms with Crippen LogP contribution >= 0.6 is 0 Å². The van der Waals surface area contributed by atoms with Gasteiger partial charge >= 0.3 is 0 Å². The molecule has 7 nitrogen and oxygen atoms in total. The third kappa shape index (κ3) is 209. The summed E-state index contributed by atoms with van der Waals surface area (Å²) in [6, 6.07) is 0. The zero-order chi connectivity index (χ0) is 108. The molecule has 840 valence electrons. The van der Waals surface area contributed by atoms with Crippen molar-refractivity contribution in [2.24, 2.45) is 27.1 Å². The van der Waals surface area contributed by atoms with Crippen molar-refractivity contribution in [2.75, 3.05) is 14.2 Å². The molecule has 0 aliphatic carbocycles. The van der Waals surface area contributed by atoms with E-state index in [1.807, 2.05) is 118 Å². The Labute approximate surface area is 881 Å². The lowest BCUT2D eigenvalue weighted by Crippen LogP contribution is -2.17. The van der Waals surface area contributed by atoms with E-state index in [-0.39, 0.29) is 7.43 Å². The maximum Gasteiger partial charge on any atom is 0.0591 e. The average Bonchev–Trinajstić information content (AvgIpc) is 0.976. The van der Waals surface area contributed by atoms with Crippen molar-refractivity contribution in [1.82, 2.24) is 0 Å². The highest BCUT2D eigenvalue weighted by atomic mass is 16.5. The first-order valence-electron chi connectivity index (χ1n) is 58.9. The fraction of sp³-hybridized carbons (Fsp3) is 0.879. The highest BCUT2D eigenvalue weighted by Gasteiger charge is 2.18. The van der Waals surface area contributed by atoms with Crippen molar-refractivity contribution in [1.29, 1.82) is 0 Å². The van der Waals surface area contributed by atoms with Gasteiger partial charge < -0.3 is 35.0 Å². The fourth-order valence-electron chi connectivity index (χ4n) is 15.5. The van der Waals surface area contributed by atoms with Crippen LogP contribution in [0.4, 0.5) is 0 Å². The molecule has 5 N–H and O–H groups in total. The Morgan fingerprint density at radius 2 is 0.259 bits per heavy atom. The maximum absolute atomic E-state index is 9.51. The van der Waals surface area contributed by atoms with Crippen LogP contribution in [0.15, 0.2) is 101 Å². The van der Waals surface area contributed by atoms with E-state index >= 15 is 0 Å². The topological polar surface area (TPSA) is 120 Å². The number of allylic oxidation sites excluding steroid dienone is 8. The second-order valence-electron chi connectivity index (χ2n) is 50.7. The summed E-state index contributed by atoms with van der Waals surface area (Å²) in [5, 5.41) is 47.4. The van der Waals surface area contributed by atoms with Crippen LogP contribution in [0, 0.1) is 27.1 Å². The molecular weight excluding hydrogens is 1700 g/mol. The lowest BCUT2D eigenvalue weighted by atomic mass is 9.89. The van der Waals surface area contributed by atoms with Gasteiger partial charge in [-0.2, -0.15) is 0 Å². The van der Waals surface area contributed by atoms with Crippen LogP contribution in [0.3, 0.4) is 0 Å². The number of methoxy groups -OCH3 is 2. The molecule has 0 fully saturated rings. The zero-order valence-electron chi connectivity index (χ0n) is 101. The summed E-state index contributed by atoms with van der Waals surface area (Å²) in [5.74, 6) is 0. The van der Waals surface area contributed by atoms with Crippen LogP contribution in [0.25, 0.3) is 0 Å². The number of hydrogen-bond acceptors (Lipinski definition) is 7. The smallest absolute Gasteiger partial charge is 0.0591 e. The Kier molecular flexibility index (Phi) is 129. The first-order valence-corrected chi connectivity index (χ1v) is 58.9. The van der Waals surface area contributed by atoms with Gasteiger partial charge in [-0.1, -0.05) is 455 Å². The molecular formula is C132H270O7. The van der Waals surface area contributed by atoms with Gasteiger partial charge in [-0.25, -0.2) is 0 Å². The van der Waals surface area contributed by atoms with Gasteiger partial charge in [0, 0.05) is 14.2 Å². The summed E-state index contributed by atoms with van der Waals surface area (Å²) < 4.78 is 10.4. The van der Waals surface area contributed by atoms with E-state index in [1.165, 1.54) is 385 Å². The molecule has 0 saturated carbocycles. The monoisotopic (exact) mass is 1970 g/mol. The van der Waals surface area contributed by atoms with Crippen LogP contribution < -0.4 is 0 Å². The van der Waals surface area contributed by atoms with E-state index in [1.54, 1.807) is 14.2 Å². The van der Waals surface area contributed by atoms with Gasteiger partial charge in [-0.15, -0.1) is 52.6 Å². The second-order valence-corrected chi connectivity index (χ2v) is 50.7. The molecule has 2 unspecified atom stereocenters. The fourth-order valence-corrected chi connectivity index (χ4v) is 15.5. The number of aliphatic hydroxyl groups is 5. The first-order chi connectivity index (χ1) is 64.4. The van der Waals surface area contributed by atoms with Crippen LogP contribution in [-0.4, -0.2) is 80.0 Å². The van der Waals surface area contributed by atoms with Crippen LogP contribution in [-0.2, 0) is 9.47 Å². The summed E-state index contributed by atoms with van der Waals surface area (Å²) in [6.45, 7) is 87.7. The molecule has 0 saturated heterocycles. The van der Waals surface area contributed by atoms with Gasteiger partial charge in [-0.05, 0) is 290 Å². The average molecular weight is 1970 g/mol. The highest BCUT2D eigenvalue weighted by molar-refractivity contribution is 4.76. The predicted molar refractivity (Wildman–Crippen MR) is 642 cm³/mol. The van der Waals surface area contributed by atoms with Gasteiger partial charge in [0.05, 0.1) is 40.2 Å². The molecule has 0 aliphatic rings. The van der Waals surface area contributed by atoms with Crippen molar-refractivity contribution in [3.05, 3.63) is 101 Å². The molecule has 0 heterocycles. The lowest BCUT2D eigenvalue weighted by molar-refractivity contribution is 0.0673. The van der Waals surface area contributed by atoms with E-state index in [9.17, 15) is 25.5 Å². The van der Waals surface area contributed by atoms with Gasteiger partial charge in [0.2, 0.25) is 0 Å². The van der Waals surface area contributed by atoms with Gasteiger partial charge in [0.15, 0.2) is 0 Å². The Morgan fingerprint density at radius 1 is 0.165 bits per heavy atom. The van der Waals surface area contributed by atoms with Gasteiger partial charge in [0.1, 0.15) is 0 Å². The number of rotatable bonds is 81. The Balaban J connectivity index is -0.000000145. The Bertz CT molecular complexity index is 2080. The molecule has 0 aromatic heterocycles. The molecule has 0 radical (unpaired) electrons. The summed E-state index contributed by atoms with van der Waals surface area (Å²) in [6.07, 6.45) is 112. The predicted octanol–water partition coefficient (Wildman–Crippen LogP) is 45.0. The first kappa shape index (κ1) is 159. The lowest BCUT2D eigenvalue weighted by Gasteiger charge is -2.17. The molecule has 7 heteroatoms. The number of hydrogen-bond donors (Lipinski definition) is 5. The summed E-state index contributed by atoms with van der Waals surface area (Å²) >= 11 is 0. The summed E-state index contributed by atoms with van der Waals surface area (Å²) in [4.78, 5) is 0. The third-order valence-electron chi connectivity index (χ3n) is 24.9. The van der Waals surface area contributed by atoms with Crippen molar-refractivity contribution < 1.29 is 35.0 Å².